The summed E-state index contributed by atoms with van der Waals surface area (Å²) >= 11 is 0. The number of ketones is 2. The van der Waals surface area contributed by atoms with E-state index in [2.05, 4.69) is 4.99 Å². The van der Waals surface area contributed by atoms with Gasteiger partial charge in [0, 0.05) is 24.6 Å². The van der Waals surface area contributed by atoms with E-state index in [1.165, 1.54) is 7.11 Å². The molecule has 7 nitrogen and oxygen atoms in total. The summed E-state index contributed by atoms with van der Waals surface area (Å²) in [5.74, 6) is -4.27. The minimum atomic E-state index is -1.07. The molecule has 1 rings (SSSR count). The molecule has 0 radical (unpaired) electrons. The number of carbonyl (C=O) groups is 4. The van der Waals surface area contributed by atoms with Crippen LogP contribution in [0.5, 0.6) is 0 Å². The highest BCUT2D eigenvalue weighted by atomic mass is 16.5. The van der Waals surface area contributed by atoms with Gasteiger partial charge in [-0.15, -0.1) is 0 Å². The van der Waals surface area contributed by atoms with Crippen molar-refractivity contribution in [3.63, 3.8) is 0 Å². The average molecular weight is 380 g/mol. The van der Waals surface area contributed by atoms with Gasteiger partial charge in [-0.3, -0.25) is 19.4 Å². The molecule has 2 atom stereocenters. The van der Waals surface area contributed by atoms with Gasteiger partial charge in [0.1, 0.15) is 17.6 Å². The molecule has 0 saturated heterocycles. The normalized spacial score (nSPS) is 23.3. The number of nitrogens with zero attached hydrogens (tertiary/aromatic N) is 1. The molecule has 0 bridgehead atoms. The number of carbonyl (C=O) groups excluding carboxylic acids is 4. The van der Waals surface area contributed by atoms with E-state index in [9.17, 15) is 24.3 Å². The lowest BCUT2D eigenvalue weighted by Crippen LogP contribution is -2.52. The number of unbranched alkanes of at least 4 members (excludes halogenated alkanes) is 2. The lowest BCUT2D eigenvalue weighted by molar-refractivity contribution is -0.305. The molecule has 0 heterocycles. The summed E-state index contributed by atoms with van der Waals surface area (Å²) in [6.07, 6.45) is 3.13. The van der Waals surface area contributed by atoms with Crippen LogP contribution < -0.4 is 5.11 Å². The van der Waals surface area contributed by atoms with E-state index in [0.717, 1.165) is 0 Å². The zero-order valence-corrected chi connectivity index (χ0v) is 16.7. The number of aliphatic carboxylic acids is 1. The van der Waals surface area contributed by atoms with Crippen LogP contribution in [0, 0.1) is 17.3 Å². The van der Waals surface area contributed by atoms with Crippen LogP contribution in [-0.4, -0.2) is 42.9 Å². The SMILES string of the molecule is CCCC(=O)[C@@H]1C(=O)[C@H](C(=O)OC)C(C)(C)CC1=NCCCCCC(=O)[O-]. The van der Waals surface area contributed by atoms with Gasteiger partial charge >= 0.3 is 5.97 Å². The number of hydrogen-bond donors (Lipinski definition) is 0. The Kier molecular flexibility index (Phi) is 8.79. The minimum Gasteiger partial charge on any atom is -0.550 e. The Labute approximate surface area is 160 Å². The Bertz CT molecular complexity index is 608. The smallest absolute Gasteiger partial charge is 0.316 e. The van der Waals surface area contributed by atoms with E-state index in [-0.39, 0.29) is 18.6 Å². The van der Waals surface area contributed by atoms with E-state index in [1.807, 2.05) is 20.8 Å². The van der Waals surface area contributed by atoms with Crippen LogP contribution in [0.4, 0.5) is 0 Å². The van der Waals surface area contributed by atoms with Gasteiger partial charge < -0.3 is 14.6 Å². The molecule has 0 amide bonds. The van der Waals surface area contributed by atoms with Crippen LogP contribution in [0.25, 0.3) is 0 Å². The molecule has 7 heteroatoms. The fourth-order valence-corrected chi connectivity index (χ4v) is 3.60. The van der Waals surface area contributed by atoms with Gasteiger partial charge in [0.2, 0.25) is 0 Å². The first-order chi connectivity index (χ1) is 12.7. The fourth-order valence-electron chi connectivity index (χ4n) is 3.60. The maximum atomic E-state index is 13.0. The first kappa shape index (κ1) is 23.0. The summed E-state index contributed by atoms with van der Waals surface area (Å²) in [5, 5.41) is 10.4. The second-order valence-corrected chi connectivity index (χ2v) is 7.73. The predicted octanol–water partition coefficient (Wildman–Crippen LogP) is 1.51. The molecule has 0 aliphatic heterocycles. The molecule has 0 N–H and O–H groups in total. The average Bonchev–Trinajstić information content (AvgIpc) is 2.56. The molecule has 0 aromatic rings. The summed E-state index contributed by atoms with van der Waals surface area (Å²) < 4.78 is 4.80. The first-order valence-corrected chi connectivity index (χ1v) is 9.53. The van der Waals surface area contributed by atoms with Crippen molar-refractivity contribution in [2.24, 2.45) is 22.2 Å². The van der Waals surface area contributed by atoms with Gasteiger partial charge in [-0.1, -0.05) is 27.2 Å². The summed E-state index contributed by atoms with van der Waals surface area (Å²) in [6.45, 7) is 5.90. The quantitative estimate of drug-likeness (QED) is 0.322. The van der Waals surface area contributed by atoms with Crippen molar-refractivity contribution in [2.75, 3.05) is 13.7 Å². The third-order valence-electron chi connectivity index (χ3n) is 4.93. The minimum absolute atomic E-state index is 0.0144. The third-order valence-corrected chi connectivity index (χ3v) is 4.93. The molecule has 27 heavy (non-hydrogen) atoms. The Morgan fingerprint density at radius 3 is 2.41 bits per heavy atom. The van der Waals surface area contributed by atoms with Crippen LogP contribution in [0.2, 0.25) is 0 Å². The van der Waals surface area contributed by atoms with Crippen molar-refractivity contribution in [1.82, 2.24) is 0 Å². The highest BCUT2D eigenvalue weighted by Gasteiger charge is 2.52. The number of hydrogen-bond acceptors (Lipinski definition) is 7. The number of esters is 1. The highest BCUT2D eigenvalue weighted by molar-refractivity contribution is 6.26. The summed E-state index contributed by atoms with van der Waals surface area (Å²) in [5.41, 5.74) is -0.149. The Hall–Kier alpha value is -2.05. The van der Waals surface area contributed by atoms with E-state index >= 15 is 0 Å². The van der Waals surface area contributed by atoms with E-state index in [1.54, 1.807) is 0 Å². The number of rotatable bonds is 10. The number of methoxy groups -OCH3 is 1. The largest absolute Gasteiger partial charge is 0.550 e. The third kappa shape index (κ3) is 6.26. The van der Waals surface area contributed by atoms with Crippen molar-refractivity contribution in [3.8, 4) is 0 Å². The fraction of sp³-hybridized carbons (Fsp3) is 0.750. The Balaban J connectivity index is 2.97. The second-order valence-electron chi connectivity index (χ2n) is 7.73. The van der Waals surface area contributed by atoms with Crippen molar-refractivity contribution in [1.29, 1.82) is 0 Å². The Morgan fingerprint density at radius 2 is 1.85 bits per heavy atom. The number of aliphatic imine (C=N–C) groups is 1. The van der Waals surface area contributed by atoms with Crippen molar-refractivity contribution in [2.45, 2.75) is 65.7 Å². The molecule has 1 aliphatic rings. The number of carboxylic acids is 1. The van der Waals surface area contributed by atoms with E-state index in [4.69, 9.17) is 4.74 Å². The topological polar surface area (TPSA) is 113 Å². The molecular formula is C20H30NO6-. The van der Waals surface area contributed by atoms with Gasteiger partial charge in [0.15, 0.2) is 5.78 Å². The zero-order chi connectivity index (χ0) is 20.6. The number of carboxylic acid groups (broad SMARTS) is 1. The van der Waals surface area contributed by atoms with Crippen molar-refractivity contribution in [3.05, 3.63) is 0 Å². The first-order valence-electron chi connectivity index (χ1n) is 9.53. The molecule has 0 aromatic heterocycles. The number of Topliss-reactive ketones (excluding diaryl/α,β-unsaturated/α-hetero) is 2. The van der Waals surface area contributed by atoms with Crippen LogP contribution >= 0.6 is 0 Å². The molecular weight excluding hydrogens is 350 g/mol. The summed E-state index contributed by atoms with van der Waals surface area (Å²) in [7, 11) is 1.24. The van der Waals surface area contributed by atoms with Crippen molar-refractivity contribution < 1.29 is 29.0 Å². The predicted molar refractivity (Wildman–Crippen MR) is 98.1 cm³/mol. The van der Waals surface area contributed by atoms with Crippen molar-refractivity contribution >= 4 is 29.2 Å². The van der Waals surface area contributed by atoms with Crippen LogP contribution in [-0.2, 0) is 23.9 Å². The molecule has 152 valence electrons. The van der Waals surface area contributed by atoms with Gasteiger partial charge in [-0.05, 0) is 37.5 Å². The van der Waals surface area contributed by atoms with Crippen LogP contribution in [0.3, 0.4) is 0 Å². The molecule has 0 aromatic carbocycles. The maximum Gasteiger partial charge on any atom is 0.316 e. The second kappa shape index (κ2) is 10.3. The lowest BCUT2D eigenvalue weighted by atomic mass is 9.62. The van der Waals surface area contributed by atoms with Gasteiger partial charge in [-0.2, -0.15) is 0 Å². The lowest BCUT2D eigenvalue weighted by Gasteiger charge is -2.39. The number of ether oxygens (including phenoxy) is 1. The molecule has 1 fully saturated rings. The van der Waals surface area contributed by atoms with E-state index in [0.29, 0.717) is 44.4 Å². The zero-order valence-electron chi connectivity index (χ0n) is 16.7. The molecule has 1 saturated carbocycles. The molecule has 1 aliphatic carbocycles. The summed E-state index contributed by atoms with van der Waals surface area (Å²) in [6, 6.07) is 0. The van der Waals surface area contributed by atoms with Gasteiger partial charge in [0.05, 0.1) is 7.11 Å². The van der Waals surface area contributed by atoms with Crippen LogP contribution in [0.15, 0.2) is 4.99 Å². The Morgan fingerprint density at radius 1 is 1.19 bits per heavy atom. The molecule has 0 unspecified atom stereocenters. The van der Waals surface area contributed by atoms with Gasteiger partial charge in [0.25, 0.3) is 0 Å². The molecule has 0 spiro atoms. The monoisotopic (exact) mass is 380 g/mol. The van der Waals surface area contributed by atoms with Gasteiger partial charge in [-0.25, -0.2) is 0 Å². The standard InChI is InChI=1S/C20H31NO6/c1-5-9-14(22)16-13(21-11-8-6-7-10-15(23)24)12-20(2,3)17(18(16)25)19(26)27-4/h16-17H,5-12H2,1-4H3,(H,23,24)/p-1/t16-,17-/m1/s1. The van der Waals surface area contributed by atoms with Crippen LogP contribution in [0.1, 0.15) is 65.7 Å². The highest BCUT2D eigenvalue weighted by Crippen LogP contribution is 2.41. The van der Waals surface area contributed by atoms with E-state index < -0.39 is 35.0 Å². The summed E-state index contributed by atoms with van der Waals surface area (Å²) in [4.78, 5) is 52.7. The maximum absolute atomic E-state index is 13.0.